The number of amides is 3. The lowest BCUT2D eigenvalue weighted by atomic mass is 9.70. The molecule has 3 aliphatic rings. The Morgan fingerprint density at radius 3 is 2.51 bits per heavy atom. The van der Waals surface area contributed by atoms with Crippen LogP contribution in [0.5, 0.6) is 5.75 Å². The van der Waals surface area contributed by atoms with Gasteiger partial charge in [-0.2, -0.15) is 0 Å². The molecule has 5 atom stereocenters. The molecule has 1 aromatic carbocycles. The summed E-state index contributed by atoms with van der Waals surface area (Å²) in [6.45, 7) is 7.73. The van der Waals surface area contributed by atoms with Crippen molar-refractivity contribution in [3.05, 3.63) is 49.6 Å². The van der Waals surface area contributed by atoms with Crippen LogP contribution in [0.15, 0.2) is 49.6 Å². The normalized spacial score (nSPS) is 28.5. The summed E-state index contributed by atoms with van der Waals surface area (Å²) in [5.74, 6) is -1.63. The highest BCUT2D eigenvalue weighted by Gasteiger charge is 2.74. The fourth-order valence-corrected chi connectivity index (χ4v) is 5.96. The van der Waals surface area contributed by atoms with Gasteiger partial charge in [0.2, 0.25) is 11.8 Å². The number of hydrogen-bond acceptors (Lipinski definition) is 6. The van der Waals surface area contributed by atoms with Crippen LogP contribution in [0.2, 0.25) is 0 Å². The van der Waals surface area contributed by atoms with E-state index in [0.29, 0.717) is 30.8 Å². The minimum absolute atomic E-state index is 0.0184. The number of likely N-dealkylation sites (N-methyl/N-ethyl adjacent to an activating group) is 1. The molecule has 2 unspecified atom stereocenters. The summed E-state index contributed by atoms with van der Waals surface area (Å²) in [5.41, 5.74) is -0.493. The molecule has 188 valence electrons. The molecular formula is C26H33N3O6. The van der Waals surface area contributed by atoms with Crippen molar-refractivity contribution in [1.82, 2.24) is 9.80 Å². The molecule has 3 saturated heterocycles. The summed E-state index contributed by atoms with van der Waals surface area (Å²) in [6.07, 6.45) is 3.90. The van der Waals surface area contributed by atoms with E-state index >= 15 is 0 Å². The Morgan fingerprint density at radius 2 is 1.91 bits per heavy atom. The van der Waals surface area contributed by atoms with Crippen molar-refractivity contribution in [2.45, 2.75) is 30.6 Å². The molecule has 3 amide bonds. The van der Waals surface area contributed by atoms with Crippen LogP contribution in [0.4, 0.5) is 5.69 Å². The number of carbonyl (C=O) groups is 3. The molecule has 3 heterocycles. The lowest BCUT2D eigenvalue weighted by molar-refractivity contribution is -0.144. The molecule has 1 aromatic rings. The Bertz CT molecular complexity index is 1010. The van der Waals surface area contributed by atoms with E-state index in [1.165, 1.54) is 9.80 Å². The lowest BCUT2D eigenvalue weighted by Crippen LogP contribution is -2.57. The van der Waals surface area contributed by atoms with Crippen LogP contribution in [0.3, 0.4) is 0 Å². The zero-order chi connectivity index (χ0) is 25.3. The standard InChI is InChI=1S/C26H33N3O6/c1-5-13-27(3)23(31)20-19-11-12-26(35-19)21(20)24(32)29(15-16-30)22(26)25(33)28(14-6-2)17-7-9-18(34-4)10-8-17/h5-10,19-22,30H,1-2,11-16H2,3-4H3/t19-,20+,21-,22?,26?/m0/s1. The molecule has 9 nitrogen and oxygen atoms in total. The molecule has 1 spiro atoms. The summed E-state index contributed by atoms with van der Waals surface area (Å²) in [6, 6.07) is 6.10. The molecule has 0 radical (unpaired) electrons. The average molecular weight is 484 g/mol. The van der Waals surface area contributed by atoms with Crippen molar-refractivity contribution in [3.63, 3.8) is 0 Å². The highest BCUT2D eigenvalue weighted by atomic mass is 16.5. The van der Waals surface area contributed by atoms with Crippen molar-refractivity contribution in [3.8, 4) is 5.75 Å². The maximum Gasteiger partial charge on any atom is 0.253 e. The van der Waals surface area contributed by atoms with Crippen molar-refractivity contribution < 1.29 is 29.0 Å². The largest absolute Gasteiger partial charge is 0.497 e. The van der Waals surface area contributed by atoms with Gasteiger partial charge in [0, 0.05) is 32.4 Å². The number of methoxy groups -OCH3 is 1. The number of ether oxygens (including phenoxy) is 2. The summed E-state index contributed by atoms with van der Waals surface area (Å²) in [5, 5.41) is 9.75. The third kappa shape index (κ3) is 3.92. The van der Waals surface area contributed by atoms with Gasteiger partial charge in [0.1, 0.15) is 17.4 Å². The van der Waals surface area contributed by atoms with Gasteiger partial charge in [0.15, 0.2) is 0 Å². The third-order valence-corrected chi connectivity index (χ3v) is 7.40. The van der Waals surface area contributed by atoms with Crippen LogP contribution in [0.1, 0.15) is 12.8 Å². The SMILES string of the molecule is C=CCN(C)C(=O)[C@@H]1[C@@H]2CCC3(O2)C(C(=O)N(CC=C)c2ccc(OC)cc2)N(CCO)C(=O)[C@H]13. The molecule has 0 aromatic heterocycles. The van der Waals surface area contributed by atoms with Gasteiger partial charge in [-0.25, -0.2) is 0 Å². The molecule has 1 N–H and O–H groups in total. The number of fused-ring (bicyclic) bond motifs is 1. The molecule has 3 fully saturated rings. The summed E-state index contributed by atoms with van der Waals surface area (Å²) in [7, 11) is 3.24. The molecule has 35 heavy (non-hydrogen) atoms. The molecule has 0 aliphatic carbocycles. The first kappa shape index (κ1) is 24.9. The van der Waals surface area contributed by atoms with Crippen LogP contribution in [-0.2, 0) is 19.1 Å². The number of anilines is 1. The first-order valence-corrected chi connectivity index (χ1v) is 11.9. The predicted molar refractivity (Wildman–Crippen MR) is 130 cm³/mol. The van der Waals surface area contributed by atoms with Crippen molar-refractivity contribution in [1.29, 1.82) is 0 Å². The van der Waals surface area contributed by atoms with Crippen molar-refractivity contribution >= 4 is 23.4 Å². The van der Waals surface area contributed by atoms with Gasteiger partial charge < -0.3 is 29.3 Å². The number of rotatable bonds is 10. The van der Waals surface area contributed by atoms with Crippen molar-refractivity contribution in [2.75, 3.05) is 45.3 Å². The van der Waals surface area contributed by atoms with E-state index in [9.17, 15) is 19.5 Å². The van der Waals surface area contributed by atoms with Gasteiger partial charge in [-0.15, -0.1) is 13.2 Å². The number of aliphatic hydroxyl groups excluding tert-OH is 1. The number of likely N-dealkylation sites (tertiary alicyclic amines) is 1. The van der Waals surface area contributed by atoms with E-state index in [0.717, 1.165) is 0 Å². The highest BCUT2D eigenvalue weighted by Crippen LogP contribution is 2.58. The second kappa shape index (κ2) is 9.83. The summed E-state index contributed by atoms with van der Waals surface area (Å²) in [4.78, 5) is 45.7. The maximum atomic E-state index is 14.1. The van der Waals surface area contributed by atoms with E-state index in [1.54, 1.807) is 55.5 Å². The summed E-state index contributed by atoms with van der Waals surface area (Å²) >= 11 is 0. The van der Waals surface area contributed by atoms with Crippen LogP contribution >= 0.6 is 0 Å². The van der Waals surface area contributed by atoms with Crippen LogP contribution in [0, 0.1) is 11.8 Å². The second-order valence-corrected chi connectivity index (χ2v) is 9.25. The van der Waals surface area contributed by atoms with E-state index in [-0.39, 0.29) is 37.4 Å². The first-order valence-electron chi connectivity index (χ1n) is 11.9. The van der Waals surface area contributed by atoms with Crippen LogP contribution < -0.4 is 9.64 Å². The Balaban J connectivity index is 1.73. The monoisotopic (exact) mass is 483 g/mol. The fourth-order valence-electron chi connectivity index (χ4n) is 5.96. The summed E-state index contributed by atoms with van der Waals surface area (Å²) < 4.78 is 11.6. The molecule has 3 aliphatic heterocycles. The lowest BCUT2D eigenvalue weighted by Gasteiger charge is -2.36. The number of benzene rings is 1. The number of nitrogens with zero attached hydrogens (tertiary/aromatic N) is 3. The van der Waals surface area contributed by atoms with E-state index in [4.69, 9.17) is 9.47 Å². The zero-order valence-electron chi connectivity index (χ0n) is 20.3. The van der Waals surface area contributed by atoms with Gasteiger partial charge in [0.25, 0.3) is 5.91 Å². The van der Waals surface area contributed by atoms with Crippen molar-refractivity contribution in [2.24, 2.45) is 11.8 Å². The predicted octanol–water partition coefficient (Wildman–Crippen LogP) is 1.23. The molecule has 0 saturated carbocycles. The minimum Gasteiger partial charge on any atom is -0.497 e. The molecule has 4 rings (SSSR count). The van der Waals surface area contributed by atoms with E-state index < -0.39 is 29.6 Å². The van der Waals surface area contributed by atoms with E-state index in [2.05, 4.69) is 13.2 Å². The number of β-amino-alcohol motifs (C(OH)–C–C–N with tert-alkyl or cyclic N) is 1. The highest BCUT2D eigenvalue weighted by molar-refractivity contribution is 6.05. The molecule has 2 bridgehead atoms. The van der Waals surface area contributed by atoms with E-state index in [1.807, 2.05) is 0 Å². The Kier molecular flexibility index (Phi) is 7.00. The fraction of sp³-hybridized carbons (Fsp3) is 0.500. The van der Waals surface area contributed by atoms with Gasteiger partial charge in [0.05, 0.1) is 31.7 Å². The smallest absolute Gasteiger partial charge is 0.253 e. The number of aliphatic hydroxyl groups is 1. The van der Waals surface area contributed by atoms with Gasteiger partial charge in [-0.1, -0.05) is 12.2 Å². The molecular weight excluding hydrogens is 450 g/mol. The molecule has 9 heteroatoms. The zero-order valence-corrected chi connectivity index (χ0v) is 20.3. The van der Waals surface area contributed by atoms with Gasteiger partial charge in [-0.05, 0) is 37.1 Å². The minimum atomic E-state index is -1.12. The van der Waals surface area contributed by atoms with Gasteiger partial charge >= 0.3 is 0 Å². The first-order chi connectivity index (χ1) is 16.8. The Hall–Kier alpha value is -3.17. The third-order valence-electron chi connectivity index (χ3n) is 7.40. The Labute approximate surface area is 205 Å². The maximum absolute atomic E-state index is 14.1. The van der Waals surface area contributed by atoms with Crippen LogP contribution in [-0.4, -0.2) is 90.8 Å². The average Bonchev–Trinajstić information content (AvgIpc) is 3.50. The second-order valence-electron chi connectivity index (χ2n) is 9.25. The van der Waals surface area contributed by atoms with Gasteiger partial charge in [-0.3, -0.25) is 14.4 Å². The quantitative estimate of drug-likeness (QED) is 0.503. The van der Waals surface area contributed by atoms with Crippen LogP contribution in [0.25, 0.3) is 0 Å². The topological polar surface area (TPSA) is 99.6 Å². The number of hydrogen-bond donors (Lipinski definition) is 1. The number of carbonyl (C=O) groups excluding carboxylic acids is 3. The Morgan fingerprint density at radius 1 is 1.23 bits per heavy atom.